The third kappa shape index (κ3) is 2.37. The molecule has 0 radical (unpaired) electrons. The number of nitrogens with zero attached hydrogens (tertiary/aromatic N) is 2. The molecule has 8 heteroatoms. The van der Waals surface area contributed by atoms with E-state index in [9.17, 15) is 13.2 Å². The van der Waals surface area contributed by atoms with Crippen molar-refractivity contribution in [3.05, 3.63) is 21.4 Å². The Morgan fingerprint density at radius 1 is 1.67 bits per heavy atom. The predicted octanol–water partition coefficient (Wildman–Crippen LogP) is 0.187. The lowest BCUT2D eigenvalue weighted by Crippen LogP contribution is -2.13. The van der Waals surface area contributed by atoms with Crippen LogP contribution in [0.3, 0.4) is 0 Å². The average molecular weight is 245 g/mol. The van der Waals surface area contributed by atoms with Gasteiger partial charge in [0, 0.05) is 5.38 Å². The van der Waals surface area contributed by atoms with Gasteiger partial charge >= 0.3 is 6.21 Å². The maximum atomic E-state index is 11.3. The highest BCUT2D eigenvalue weighted by Gasteiger charge is 2.21. The summed E-state index contributed by atoms with van der Waals surface area (Å²) in [5.41, 5.74) is 8.44. The van der Waals surface area contributed by atoms with Crippen molar-refractivity contribution in [1.82, 2.24) is 0 Å². The summed E-state index contributed by atoms with van der Waals surface area (Å²) in [4.78, 5) is 14.0. The van der Waals surface area contributed by atoms with Gasteiger partial charge in [0.15, 0.2) is 0 Å². The smallest absolute Gasteiger partial charge is 0.328 e. The number of carbonyl (C=O) groups excluding carboxylic acids is 1. The average Bonchev–Trinajstić information content (AvgIpc) is 2.46. The van der Waals surface area contributed by atoms with E-state index in [1.807, 2.05) is 0 Å². The van der Waals surface area contributed by atoms with Crippen molar-refractivity contribution in [3.8, 4) is 0 Å². The van der Waals surface area contributed by atoms with Crippen LogP contribution in [0.15, 0.2) is 10.3 Å². The minimum Gasteiger partial charge on any atom is -0.361 e. The van der Waals surface area contributed by atoms with E-state index in [0.717, 1.165) is 11.3 Å². The molecule has 6 nitrogen and oxygen atoms in total. The van der Waals surface area contributed by atoms with Crippen LogP contribution in [0.5, 0.6) is 0 Å². The van der Waals surface area contributed by atoms with Gasteiger partial charge in [0.2, 0.25) is 10.0 Å². The predicted molar refractivity (Wildman–Crippen MR) is 54.4 cm³/mol. The van der Waals surface area contributed by atoms with Gasteiger partial charge in [-0.15, -0.1) is 11.3 Å². The van der Waals surface area contributed by atoms with E-state index in [2.05, 4.69) is 4.79 Å². The molecule has 1 heterocycles. The van der Waals surface area contributed by atoms with E-state index < -0.39 is 15.8 Å². The Balaban J connectivity index is 3.33. The quantitative estimate of drug-likeness (QED) is 0.354. The molecule has 0 bridgehead atoms. The van der Waals surface area contributed by atoms with Crippen LogP contribution < -0.4 is 5.14 Å². The van der Waals surface area contributed by atoms with Crippen LogP contribution in [0.4, 0.5) is 0 Å². The first-order chi connectivity index (χ1) is 6.88. The number of ketones is 1. The molecule has 0 atom stereocenters. The van der Waals surface area contributed by atoms with Crippen LogP contribution in [0.2, 0.25) is 0 Å². The van der Waals surface area contributed by atoms with Crippen LogP contribution in [0.25, 0.3) is 5.53 Å². The molecular weight excluding hydrogens is 238 g/mol. The van der Waals surface area contributed by atoms with Crippen LogP contribution in [0, 0.1) is 6.92 Å². The molecule has 2 N–H and O–H groups in total. The lowest BCUT2D eigenvalue weighted by Gasteiger charge is -1.95. The van der Waals surface area contributed by atoms with Gasteiger partial charge in [0.25, 0.3) is 5.78 Å². The largest absolute Gasteiger partial charge is 0.361 e. The lowest BCUT2D eigenvalue weighted by molar-refractivity contribution is 0.00238. The summed E-state index contributed by atoms with van der Waals surface area (Å²) in [6.45, 7) is 1.47. The number of carbonyl (C=O) groups is 1. The normalized spacial score (nSPS) is 10.8. The molecule has 1 aromatic rings. The zero-order valence-electron chi connectivity index (χ0n) is 7.67. The Bertz CT molecular complexity index is 552. The summed E-state index contributed by atoms with van der Waals surface area (Å²) in [6.07, 6.45) is 0.700. The third-order valence-corrected chi connectivity index (χ3v) is 3.98. The fraction of sp³-hybridized carbons (Fsp3) is 0.143. The molecule has 0 fully saturated rings. The van der Waals surface area contributed by atoms with Crippen molar-refractivity contribution in [2.45, 2.75) is 11.8 Å². The number of sulfonamides is 1. The third-order valence-electron chi connectivity index (χ3n) is 1.70. The van der Waals surface area contributed by atoms with Gasteiger partial charge in [0.05, 0.1) is 9.77 Å². The zero-order chi connectivity index (χ0) is 11.6. The lowest BCUT2D eigenvalue weighted by atomic mass is 10.2. The van der Waals surface area contributed by atoms with Crippen LogP contribution in [-0.4, -0.2) is 25.2 Å². The summed E-state index contributed by atoms with van der Waals surface area (Å²) in [6, 6.07) is 0. The SMILES string of the molecule is Cc1c(S(N)(=O)=O)csc1C(=O)C=[N+]=[N-]. The van der Waals surface area contributed by atoms with Crippen molar-refractivity contribution < 1.29 is 18.0 Å². The molecule has 0 saturated carbocycles. The van der Waals surface area contributed by atoms with Gasteiger partial charge in [0.1, 0.15) is 0 Å². The Hall–Kier alpha value is -1.34. The van der Waals surface area contributed by atoms with Gasteiger partial charge in [-0.05, 0) is 12.5 Å². The highest BCUT2D eigenvalue weighted by Crippen LogP contribution is 2.24. The van der Waals surface area contributed by atoms with E-state index in [0.29, 0.717) is 6.21 Å². The topological polar surface area (TPSA) is 114 Å². The first-order valence-electron chi connectivity index (χ1n) is 3.70. The fourth-order valence-corrected chi connectivity index (χ4v) is 3.17. The highest BCUT2D eigenvalue weighted by molar-refractivity contribution is 7.89. The first kappa shape index (κ1) is 11.7. The molecule has 0 aromatic carbocycles. The number of hydrogen-bond donors (Lipinski definition) is 1. The molecule has 1 aromatic heterocycles. The van der Waals surface area contributed by atoms with Gasteiger partial charge in [-0.2, -0.15) is 4.79 Å². The number of primary sulfonamides is 1. The molecule has 0 saturated heterocycles. The van der Waals surface area contributed by atoms with Crippen LogP contribution >= 0.6 is 11.3 Å². The molecule has 0 spiro atoms. The summed E-state index contributed by atoms with van der Waals surface area (Å²) >= 11 is 0.940. The number of hydrogen-bond acceptors (Lipinski definition) is 4. The van der Waals surface area contributed by atoms with E-state index in [4.69, 9.17) is 10.7 Å². The van der Waals surface area contributed by atoms with Crippen molar-refractivity contribution in [2.24, 2.45) is 5.14 Å². The van der Waals surface area contributed by atoms with Crippen LogP contribution in [-0.2, 0) is 10.0 Å². The second-order valence-corrected chi connectivity index (χ2v) is 5.12. The molecular formula is C7H7N3O3S2. The highest BCUT2D eigenvalue weighted by atomic mass is 32.2. The molecule has 15 heavy (non-hydrogen) atoms. The number of Topliss-reactive ketones (excluding diaryl/α,β-unsaturated/α-hetero) is 1. The molecule has 0 aliphatic rings. The number of rotatable bonds is 3. The second kappa shape index (κ2) is 4.03. The first-order valence-corrected chi connectivity index (χ1v) is 6.13. The maximum absolute atomic E-state index is 11.3. The molecule has 1 rings (SSSR count). The Morgan fingerprint density at radius 2 is 2.27 bits per heavy atom. The summed E-state index contributed by atoms with van der Waals surface area (Å²) < 4.78 is 22.1. The van der Waals surface area contributed by atoms with Gasteiger partial charge in [-0.25, -0.2) is 13.6 Å². The van der Waals surface area contributed by atoms with E-state index in [-0.39, 0.29) is 15.3 Å². The van der Waals surface area contributed by atoms with Crippen molar-refractivity contribution in [1.29, 1.82) is 0 Å². The molecule has 0 aliphatic heterocycles. The maximum Gasteiger partial charge on any atom is 0.328 e. The van der Waals surface area contributed by atoms with Crippen LogP contribution in [0.1, 0.15) is 15.2 Å². The summed E-state index contributed by atoms with van der Waals surface area (Å²) in [5.74, 6) is -0.560. The minimum absolute atomic E-state index is 0.0813. The summed E-state index contributed by atoms with van der Waals surface area (Å²) in [7, 11) is -3.81. The Labute approximate surface area is 90.0 Å². The Kier molecular flexibility index (Phi) is 3.15. The number of nitrogens with two attached hydrogens (primary N) is 1. The standard InChI is InChI=1S/C7H7N3O3S2/c1-4-6(15(9,12)13)3-14-7(4)5(11)2-10-8/h2-3H,1H3,(H2,9,12,13). The van der Waals surface area contributed by atoms with Gasteiger partial charge < -0.3 is 5.53 Å². The number of thiophene rings is 1. The minimum atomic E-state index is -3.81. The molecule has 0 amide bonds. The zero-order valence-corrected chi connectivity index (χ0v) is 9.30. The van der Waals surface area contributed by atoms with Crippen molar-refractivity contribution in [2.75, 3.05) is 0 Å². The van der Waals surface area contributed by atoms with E-state index in [1.165, 1.54) is 12.3 Å². The monoisotopic (exact) mass is 245 g/mol. The van der Waals surface area contributed by atoms with Gasteiger partial charge in [-0.3, -0.25) is 4.79 Å². The summed E-state index contributed by atoms with van der Waals surface area (Å²) in [5, 5.41) is 6.21. The second-order valence-electron chi connectivity index (χ2n) is 2.71. The van der Waals surface area contributed by atoms with E-state index >= 15 is 0 Å². The van der Waals surface area contributed by atoms with Crippen molar-refractivity contribution >= 4 is 33.4 Å². The van der Waals surface area contributed by atoms with Crippen molar-refractivity contribution in [3.63, 3.8) is 0 Å². The molecule has 80 valence electrons. The molecule has 0 aliphatic carbocycles. The fourth-order valence-electron chi connectivity index (χ4n) is 1.04. The molecule has 0 unspecified atom stereocenters. The Morgan fingerprint density at radius 3 is 2.67 bits per heavy atom. The van der Waals surface area contributed by atoms with E-state index in [1.54, 1.807) is 0 Å². The van der Waals surface area contributed by atoms with Gasteiger partial charge in [-0.1, -0.05) is 0 Å².